The molecule has 1 rings (SSSR count). The van der Waals surface area contributed by atoms with Gasteiger partial charge in [0.15, 0.2) is 0 Å². The van der Waals surface area contributed by atoms with E-state index in [0.29, 0.717) is 0 Å². The Balaban J connectivity index is 0.00000121. The summed E-state index contributed by atoms with van der Waals surface area (Å²) in [5.74, 6) is -3.45. The van der Waals surface area contributed by atoms with E-state index in [1.165, 1.54) is 0 Å². The lowest BCUT2D eigenvalue weighted by molar-refractivity contribution is -0.161. The van der Waals surface area contributed by atoms with Crippen molar-refractivity contribution in [2.45, 2.75) is 18.1 Å². The fourth-order valence-electron chi connectivity index (χ4n) is 0.923. The van der Waals surface area contributed by atoms with Crippen molar-refractivity contribution >= 4 is 18.4 Å². The normalized spacial score (nSPS) is 33.8. The van der Waals surface area contributed by atoms with E-state index in [9.17, 15) is 18.0 Å². The molecule has 7 heteroatoms. The topological polar surface area (TPSA) is 63.3 Å². The fraction of sp³-hybridized carbons (Fsp3) is 0.800. The summed E-state index contributed by atoms with van der Waals surface area (Å²) in [7, 11) is 0. The van der Waals surface area contributed by atoms with Gasteiger partial charge in [0.05, 0.1) is 5.92 Å². The molecule has 12 heavy (non-hydrogen) atoms. The minimum atomic E-state index is -4.48. The van der Waals surface area contributed by atoms with Crippen LogP contribution in [0.2, 0.25) is 0 Å². The maximum atomic E-state index is 11.8. The van der Waals surface area contributed by atoms with E-state index in [0.717, 1.165) is 0 Å². The summed E-state index contributed by atoms with van der Waals surface area (Å²) < 4.78 is 35.3. The third-order valence-electron chi connectivity index (χ3n) is 1.80. The van der Waals surface area contributed by atoms with Crippen molar-refractivity contribution in [3.8, 4) is 0 Å². The van der Waals surface area contributed by atoms with Gasteiger partial charge in [0, 0.05) is 0 Å². The molecule has 0 bridgehead atoms. The maximum Gasteiger partial charge on any atom is 0.394 e. The Morgan fingerprint density at radius 1 is 1.58 bits per heavy atom. The van der Waals surface area contributed by atoms with Crippen LogP contribution in [0, 0.1) is 5.92 Å². The summed E-state index contributed by atoms with van der Waals surface area (Å²) in [5, 5.41) is 8.22. The third kappa shape index (κ3) is 1.64. The Morgan fingerprint density at radius 2 is 2.00 bits per heavy atom. The van der Waals surface area contributed by atoms with Crippen LogP contribution < -0.4 is 5.73 Å². The van der Waals surface area contributed by atoms with Crippen molar-refractivity contribution in [1.29, 1.82) is 0 Å². The van der Waals surface area contributed by atoms with Crippen LogP contribution in [0.5, 0.6) is 0 Å². The van der Waals surface area contributed by atoms with Gasteiger partial charge in [-0.15, -0.1) is 12.4 Å². The van der Waals surface area contributed by atoms with E-state index in [1.54, 1.807) is 0 Å². The standard InChI is InChI=1S/C5H6F3NO2.ClH/c6-5(7,8)2-1-4(2,9)3(10)11;/h2H,1,9H2,(H,10,11);1H/t2-,4+;/m0./s1. The van der Waals surface area contributed by atoms with Gasteiger partial charge in [0.2, 0.25) is 0 Å². The Morgan fingerprint density at radius 3 is 2.08 bits per heavy atom. The molecular formula is C5H7ClF3NO2. The number of nitrogens with two attached hydrogens (primary N) is 1. The molecule has 0 spiro atoms. The molecule has 0 amide bonds. The van der Waals surface area contributed by atoms with Crippen LogP contribution in [-0.4, -0.2) is 22.8 Å². The molecule has 72 valence electrons. The average Bonchev–Trinajstić information content (AvgIpc) is 2.41. The molecule has 2 atom stereocenters. The van der Waals surface area contributed by atoms with Gasteiger partial charge in [0.1, 0.15) is 5.54 Å². The quantitative estimate of drug-likeness (QED) is 0.665. The van der Waals surface area contributed by atoms with Crippen LogP contribution in [0.3, 0.4) is 0 Å². The van der Waals surface area contributed by atoms with E-state index in [4.69, 9.17) is 10.8 Å². The van der Waals surface area contributed by atoms with Crippen LogP contribution in [-0.2, 0) is 4.79 Å². The van der Waals surface area contributed by atoms with Gasteiger partial charge in [0.25, 0.3) is 0 Å². The number of carboxylic acids is 1. The predicted octanol–water partition coefficient (Wildman–Crippen LogP) is 0.772. The molecule has 0 aromatic heterocycles. The van der Waals surface area contributed by atoms with E-state index in [-0.39, 0.29) is 12.4 Å². The van der Waals surface area contributed by atoms with E-state index >= 15 is 0 Å². The molecule has 0 aliphatic heterocycles. The second kappa shape index (κ2) is 2.77. The van der Waals surface area contributed by atoms with Crippen molar-refractivity contribution in [1.82, 2.24) is 0 Å². The maximum absolute atomic E-state index is 11.8. The third-order valence-corrected chi connectivity index (χ3v) is 1.80. The van der Waals surface area contributed by atoms with Gasteiger partial charge in [-0.05, 0) is 6.42 Å². The number of carbonyl (C=O) groups is 1. The number of rotatable bonds is 1. The Hall–Kier alpha value is -0.490. The Kier molecular flexibility index (Phi) is 2.66. The molecule has 0 aromatic carbocycles. The minimum absolute atomic E-state index is 0. The van der Waals surface area contributed by atoms with Gasteiger partial charge in [-0.3, -0.25) is 4.79 Å². The number of hydrogen-bond donors (Lipinski definition) is 2. The van der Waals surface area contributed by atoms with Crippen molar-refractivity contribution in [2.75, 3.05) is 0 Å². The first kappa shape index (κ1) is 11.5. The average molecular weight is 206 g/mol. The second-order valence-corrected chi connectivity index (χ2v) is 2.64. The molecule has 1 saturated carbocycles. The summed E-state index contributed by atoms with van der Waals surface area (Å²) in [4.78, 5) is 10.1. The van der Waals surface area contributed by atoms with Gasteiger partial charge < -0.3 is 10.8 Å². The van der Waals surface area contributed by atoms with Gasteiger partial charge in [-0.25, -0.2) is 0 Å². The summed E-state index contributed by atoms with van der Waals surface area (Å²) in [6, 6.07) is 0. The minimum Gasteiger partial charge on any atom is -0.480 e. The molecule has 1 fully saturated rings. The van der Waals surface area contributed by atoms with Crippen LogP contribution in [0.1, 0.15) is 6.42 Å². The highest BCUT2D eigenvalue weighted by Crippen LogP contribution is 2.51. The van der Waals surface area contributed by atoms with Crippen molar-refractivity contribution in [2.24, 2.45) is 11.7 Å². The summed E-state index contributed by atoms with van der Waals surface area (Å²) >= 11 is 0. The first-order valence-corrected chi connectivity index (χ1v) is 2.87. The highest BCUT2D eigenvalue weighted by atomic mass is 35.5. The largest absolute Gasteiger partial charge is 0.480 e. The second-order valence-electron chi connectivity index (χ2n) is 2.64. The zero-order chi connectivity index (χ0) is 8.86. The van der Waals surface area contributed by atoms with Crippen molar-refractivity contribution in [3.05, 3.63) is 0 Å². The predicted molar refractivity (Wildman–Crippen MR) is 36.0 cm³/mol. The molecular weight excluding hydrogens is 199 g/mol. The first-order chi connectivity index (χ1) is 4.78. The molecule has 0 radical (unpaired) electrons. The SMILES string of the molecule is Cl.N[C@]1(C(=O)O)C[C@@H]1C(F)(F)F. The monoisotopic (exact) mass is 205 g/mol. The first-order valence-electron chi connectivity index (χ1n) is 2.87. The molecule has 0 unspecified atom stereocenters. The molecule has 3 nitrogen and oxygen atoms in total. The van der Waals surface area contributed by atoms with Gasteiger partial charge >= 0.3 is 12.1 Å². The molecule has 0 aromatic rings. The molecule has 3 N–H and O–H groups in total. The van der Waals surface area contributed by atoms with E-state index in [2.05, 4.69) is 0 Å². The number of aliphatic carboxylic acids is 1. The van der Waals surface area contributed by atoms with Crippen molar-refractivity contribution in [3.63, 3.8) is 0 Å². The van der Waals surface area contributed by atoms with E-state index in [1.807, 2.05) is 0 Å². The summed E-state index contributed by atoms with van der Waals surface area (Å²) in [6.07, 6.45) is -4.99. The fourth-order valence-corrected chi connectivity index (χ4v) is 0.923. The number of carboxylic acid groups (broad SMARTS) is 1. The lowest BCUT2D eigenvalue weighted by atomic mass is 10.2. The lowest BCUT2D eigenvalue weighted by Crippen LogP contribution is -2.38. The molecule has 0 heterocycles. The Labute approximate surface area is 72.1 Å². The number of hydrogen-bond acceptors (Lipinski definition) is 2. The van der Waals surface area contributed by atoms with Gasteiger partial charge in [-0.2, -0.15) is 13.2 Å². The summed E-state index contributed by atoms with van der Waals surface area (Å²) in [5.41, 5.74) is 2.84. The lowest BCUT2D eigenvalue weighted by Gasteiger charge is -2.07. The van der Waals surface area contributed by atoms with Crippen LogP contribution in [0.4, 0.5) is 13.2 Å². The Bertz CT molecular complexity index is 207. The zero-order valence-electron chi connectivity index (χ0n) is 5.76. The van der Waals surface area contributed by atoms with Crippen LogP contribution >= 0.6 is 12.4 Å². The molecule has 1 aliphatic rings. The zero-order valence-corrected chi connectivity index (χ0v) is 6.58. The van der Waals surface area contributed by atoms with Gasteiger partial charge in [-0.1, -0.05) is 0 Å². The van der Waals surface area contributed by atoms with Crippen molar-refractivity contribution < 1.29 is 23.1 Å². The highest BCUT2D eigenvalue weighted by Gasteiger charge is 2.69. The smallest absolute Gasteiger partial charge is 0.394 e. The number of halogens is 4. The van der Waals surface area contributed by atoms with Crippen LogP contribution in [0.15, 0.2) is 0 Å². The summed E-state index contributed by atoms with van der Waals surface area (Å²) in [6.45, 7) is 0. The van der Waals surface area contributed by atoms with E-state index < -0.39 is 30.0 Å². The molecule has 0 saturated heterocycles. The highest BCUT2D eigenvalue weighted by molar-refractivity contribution is 5.85. The number of alkyl halides is 3. The molecule has 1 aliphatic carbocycles. The van der Waals surface area contributed by atoms with Crippen LogP contribution in [0.25, 0.3) is 0 Å².